The highest BCUT2D eigenvalue weighted by molar-refractivity contribution is 5.94. The van der Waals surface area contributed by atoms with E-state index in [0.29, 0.717) is 29.9 Å². The molecule has 0 unspecified atom stereocenters. The lowest BCUT2D eigenvalue weighted by Crippen LogP contribution is -2.26. The van der Waals surface area contributed by atoms with Gasteiger partial charge in [-0.15, -0.1) is 0 Å². The number of nitrogens with zero attached hydrogens (tertiary/aromatic N) is 1. The molecule has 4 nitrogen and oxygen atoms in total. The average Bonchev–Trinajstić information content (AvgIpc) is 2.70. The van der Waals surface area contributed by atoms with Gasteiger partial charge in [0.15, 0.2) is 0 Å². The maximum Gasteiger partial charge on any atom is 0.251 e. The number of benzene rings is 1. The fourth-order valence-electron chi connectivity index (χ4n) is 3.27. The van der Waals surface area contributed by atoms with E-state index in [1.54, 1.807) is 36.5 Å². The van der Waals surface area contributed by atoms with Crippen molar-refractivity contribution in [2.45, 2.75) is 38.5 Å². The van der Waals surface area contributed by atoms with Crippen molar-refractivity contribution in [1.82, 2.24) is 10.3 Å². The van der Waals surface area contributed by atoms with Gasteiger partial charge < -0.3 is 10.6 Å². The first-order valence-corrected chi connectivity index (χ1v) is 9.62. The van der Waals surface area contributed by atoms with Crippen LogP contribution in [0.4, 0.5) is 10.2 Å². The summed E-state index contributed by atoms with van der Waals surface area (Å²) >= 11 is 0. The lowest BCUT2D eigenvalue weighted by molar-refractivity contribution is 0.0954. The van der Waals surface area contributed by atoms with Crippen LogP contribution in [0.3, 0.4) is 0 Å². The van der Waals surface area contributed by atoms with Gasteiger partial charge in [0.25, 0.3) is 5.91 Å². The zero-order valence-electron chi connectivity index (χ0n) is 15.5. The topological polar surface area (TPSA) is 54.0 Å². The number of rotatable bonds is 8. The summed E-state index contributed by atoms with van der Waals surface area (Å²) < 4.78 is 13.6. The van der Waals surface area contributed by atoms with Crippen LogP contribution in [-0.4, -0.2) is 24.0 Å². The van der Waals surface area contributed by atoms with Crippen LogP contribution in [0.15, 0.2) is 54.2 Å². The van der Waals surface area contributed by atoms with Gasteiger partial charge in [-0.3, -0.25) is 4.79 Å². The Bertz CT molecular complexity index is 804. The highest BCUT2D eigenvalue weighted by Crippen LogP contribution is 2.20. The standard InChI is InChI=1S/C22H26FN3O/c23-20-9-5-4-8-18(20)11-15-26-22(27)19-12-14-25-21(16-19)24-13-10-17-6-2-1-3-7-17/h4-6,8-9,12,14,16H,1-3,7,10-11,13,15H2,(H,24,25)(H,26,27). The van der Waals surface area contributed by atoms with Crippen molar-refractivity contribution in [2.75, 3.05) is 18.4 Å². The molecule has 0 bridgehead atoms. The van der Waals surface area contributed by atoms with Crippen molar-refractivity contribution in [1.29, 1.82) is 0 Å². The summed E-state index contributed by atoms with van der Waals surface area (Å²) in [5.41, 5.74) is 2.67. The molecule has 1 aliphatic carbocycles. The fraction of sp³-hybridized carbons (Fsp3) is 0.364. The number of pyridine rings is 1. The van der Waals surface area contributed by atoms with Crippen molar-refractivity contribution in [2.24, 2.45) is 0 Å². The Kier molecular flexibility index (Phi) is 6.97. The predicted molar refractivity (Wildman–Crippen MR) is 106 cm³/mol. The molecule has 0 saturated carbocycles. The number of hydrogen-bond acceptors (Lipinski definition) is 3. The molecule has 1 aliphatic rings. The second-order valence-corrected chi connectivity index (χ2v) is 6.81. The third-order valence-corrected chi connectivity index (χ3v) is 4.80. The smallest absolute Gasteiger partial charge is 0.251 e. The third-order valence-electron chi connectivity index (χ3n) is 4.80. The summed E-state index contributed by atoms with van der Waals surface area (Å²) in [5.74, 6) is 0.287. The summed E-state index contributed by atoms with van der Waals surface area (Å²) in [6.07, 6.45) is 10.4. The normalized spacial score (nSPS) is 13.7. The second-order valence-electron chi connectivity index (χ2n) is 6.81. The third kappa shape index (κ3) is 5.91. The Balaban J connectivity index is 1.46. The molecule has 0 spiro atoms. The first kappa shape index (κ1) is 19.1. The van der Waals surface area contributed by atoms with Gasteiger partial charge in [-0.1, -0.05) is 29.8 Å². The van der Waals surface area contributed by atoms with Crippen LogP contribution in [0.2, 0.25) is 0 Å². The molecule has 3 rings (SSSR count). The van der Waals surface area contributed by atoms with E-state index in [1.807, 2.05) is 0 Å². The largest absolute Gasteiger partial charge is 0.370 e. The highest BCUT2D eigenvalue weighted by atomic mass is 19.1. The molecular formula is C22H26FN3O. The van der Waals surface area contributed by atoms with Crippen LogP contribution in [0.1, 0.15) is 48.0 Å². The average molecular weight is 367 g/mol. The number of nitrogens with one attached hydrogen (secondary N) is 2. The van der Waals surface area contributed by atoms with Gasteiger partial charge in [-0.05, 0) is 62.3 Å². The van der Waals surface area contributed by atoms with Gasteiger partial charge in [-0.2, -0.15) is 0 Å². The Morgan fingerprint density at radius 1 is 1.11 bits per heavy atom. The minimum absolute atomic E-state index is 0.174. The van der Waals surface area contributed by atoms with Crippen molar-refractivity contribution < 1.29 is 9.18 Å². The van der Waals surface area contributed by atoms with Gasteiger partial charge in [0.1, 0.15) is 11.6 Å². The zero-order chi connectivity index (χ0) is 18.9. The maximum absolute atomic E-state index is 13.6. The van der Waals surface area contributed by atoms with Gasteiger partial charge in [-0.25, -0.2) is 9.37 Å². The highest BCUT2D eigenvalue weighted by Gasteiger charge is 2.08. The zero-order valence-corrected chi connectivity index (χ0v) is 15.5. The monoisotopic (exact) mass is 367 g/mol. The van der Waals surface area contributed by atoms with Crippen LogP contribution < -0.4 is 10.6 Å². The molecule has 0 radical (unpaired) electrons. The van der Waals surface area contributed by atoms with Gasteiger partial charge in [0.05, 0.1) is 0 Å². The summed E-state index contributed by atoms with van der Waals surface area (Å²) in [6.45, 7) is 1.20. The van der Waals surface area contributed by atoms with E-state index < -0.39 is 0 Å². The SMILES string of the molecule is O=C(NCCc1ccccc1F)c1ccnc(NCCC2=CCCCC2)c1. The van der Waals surface area contributed by atoms with E-state index in [9.17, 15) is 9.18 Å². The predicted octanol–water partition coefficient (Wildman–Crippen LogP) is 4.50. The van der Waals surface area contributed by atoms with E-state index in [1.165, 1.54) is 37.3 Å². The number of carbonyl (C=O) groups is 1. The van der Waals surface area contributed by atoms with E-state index >= 15 is 0 Å². The second kappa shape index (κ2) is 9.86. The molecule has 0 atom stereocenters. The molecule has 1 aromatic heterocycles. The molecule has 142 valence electrons. The lowest BCUT2D eigenvalue weighted by Gasteiger charge is -2.13. The molecule has 5 heteroatoms. The molecule has 2 N–H and O–H groups in total. The molecule has 1 heterocycles. The van der Waals surface area contributed by atoms with Crippen LogP contribution in [0.5, 0.6) is 0 Å². The Morgan fingerprint density at radius 3 is 2.81 bits per heavy atom. The number of carbonyl (C=O) groups excluding carboxylic acids is 1. The van der Waals surface area contributed by atoms with E-state index in [2.05, 4.69) is 21.7 Å². The van der Waals surface area contributed by atoms with Crippen LogP contribution in [0, 0.1) is 5.82 Å². The van der Waals surface area contributed by atoms with E-state index in [4.69, 9.17) is 0 Å². The van der Waals surface area contributed by atoms with Crippen molar-refractivity contribution in [3.8, 4) is 0 Å². The quantitative estimate of drug-likeness (QED) is 0.676. The molecule has 1 amide bonds. The number of halogens is 1. The number of aromatic nitrogens is 1. The van der Waals surface area contributed by atoms with Crippen LogP contribution >= 0.6 is 0 Å². The summed E-state index contributed by atoms with van der Waals surface area (Å²) in [7, 11) is 0. The maximum atomic E-state index is 13.6. The van der Waals surface area contributed by atoms with Crippen molar-refractivity contribution in [3.05, 3.63) is 71.2 Å². The first-order chi connectivity index (χ1) is 13.2. The molecule has 2 aromatic rings. The van der Waals surface area contributed by atoms with Crippen molar-refractivity contribution in [3.63, 3.8) is 0 Å². The summed E-state index contributed by atoms with van der Waals surface area (Å²) in [5, 5.41) is 6.13. The molecular weight excluding hydrogens is 341 g/mol. The van der Waals surface area contributed by atoms with E-state index in [0.717, 1.165) is 13.0 Å². The molecule has 27 heavy (non-hydrogen) atoms. The number of hydrogen-bond donors (Lipinski definition) is 2. The first-order valence-electron chi connectivity index (χ1n) is 9.62. The molecule has 0 saturated heterocycles. The number of amides is 1. The molecule has 0 fully saturated rings. The summed E-state index contributed by atoms with van der Waals surface area (Å²) in [6, 6.07) is 10.1. The lowest BCUT2D eigenvalue weighted by atomic mass is 9.97. The van der Waals surface area contributed by atoms with Gasteiger partial charge in [0.2, 0.25) is 0 Å². The number of anilines is 1. The molecule has 1 aromatic carbocycles. The number of allylic oxidation sites excluding steroid dienone is 1. The molecule has 0 aliphatic heterocycles. The van der Waals surface area contributed by atoms with Gasteiger partial charge in [0, 0.05) is 24.8 Å². The fourth-order valence-corrected chi connectivity index (χ4v) is 3.27. The van der Waals surface area contributed by atoms with Crippen LogP contribution in [-0.2, 0) is 6.42 Å². The Hall–Kier alpha value is -2.69. The van der Waals surface area contributed by atoms with Crippen molar-refractivity contribution >= 4 is 11.7 Å². The minimum atomic E-state index is -0.241. The Labute approximate surface area is 159 Å². The summed E-state index contributed by atoms with van der Waals surface area (Å²) in [4.78, 5) is 16.6. The van der Waals surface area contributed by atoms with E-state index in [-0.39, 0.29) is 11.7 Å². The van der Waals surface area contributed by atoms with Gasteiger partial charge >= 0.3 is 0 Å². The minimum Gasteiger partial charge on any atom is -0.370 e. The Morgan fingerprint density at radius 2 is 2.00 bits per heavy atom. The van der Waals surface area contributed by atoms with Crippen LogP contribution in [0.25, 0.3) is 0 Å².